The van der Waals surface area contributed by atoms with Gasteiger partial charge in [-0.1, -0.05) is 89.1 Å². The number of hydrogen-bond donors (Lipinski definition) is 3. The van der Waals surface area contributed by atoms with E-state index in [0.717, 1.165) is 25.7 Å². The van der Waals surface area contributed by atoms with Crippen molar-refractivity contribution in [2.45, 2.75) is 90.8 Å². The fourth-order valence-electron chi connectivity index (χ4n) is 3.59. The number of aliphatic carboxylic acids is 1. The molecule has 0 bridgehead atoms. The molecule has 3 N–H and O–H groups in total. The molecule has 1 rings (SSSR count). The summed E-state index contributed by atoms with van der Waals surface area (Å²) in [5, 5.41) is 30.7. The first-order valence-corrected chi connectivity index (χ1v) is 10.7. The van der Waals surface area contributed by atoms with E-state index < -0.39 is 24.1 Å². The van der Waals surface area contributed by atoms with Crippen LogP contribution in [0.15, 0.2) is 23.3 Å². The summed E-state index contributed by atoms with van der Waals surface area (Å²) in [5.74, 6) is -1.54. The predicted molar refractivity (Wildman–Crippen MR) is 111 cm³/mol. The highest BCUT2D eigenvalue weighted by Crippen LogP contribution is 2.30. The molecule has 27 heavy (non-hydrogen) atoms. The minimum atomic E-state index is -1.11. The SMILES string of the molecule is CCCCC(C)(C)C(O)/C=C/[C@@H](C(=O)O)[C@H](O)C/C(Cl)=C/CC1CCCC1. The average molecular weight is 401 g/mol. The van der Waals surface area contributed by atoms with Crippen molar-refractivity contribution in [3.63, 3.8) is 0 Å². The number of carbonyl (C=O) groups is 1. The van der Waals surface area contributed by atoms with Crippen molar-refractivity contribution < 1.29 is 20.1 Å². The lowest BCUT2D eigenvalue weighted by Gasteiger charge is -2.29. The maximum atomic E-state index is 11.6. The highest BCUT2D eigenvalue weighted by atomic mass is 35.5. The monoisotopic (exact) mass is 400 g/mol. The Morgan fingerprint density at radius 3 is 2.41 bits per heavy atom. The van der Waals surface area contributed by atoms with Crippen molar-refractivity contribution in [1.82, 2.24) is 0 Å². The van der Waals surface area contributed by atoms with E-state index in [0.29, 0.717) is 11.0 Å². The van der Waals surface area contributed by atoms with Crippen LogP contribution in [0.3, 0.4) is 0 Å². The molecule has 5 heteroatoms. The Bertz CT molecular complexity index is 506. The number of aliphatic hydroxyl groups excluding tert-OH is 2. The molecule has 0 aromatic rings. The van der Waals surface area contributed by atoms with Crippen LogP contribution in [0.1, 0.15) is 78.6 Å². The summed E-state index contributed by atoms with van der Waals surface area (Å²) < 4.78 is 0. The van der Waals surface area contributed by atoms with E-state index in [1.54, 1.807) is 0 Å². The molecule has 3 atom stereocenters. The van der Waals surface area contributed by atoms with Crippen molar-refractivity contribution in [3.05, 3.63) is 23.3 Å². The highest BCUT2D eigenvalue weighted by molar-refractivity contribution is 6.29. The van der Waals surface area contributed by atoms with Crippen molar-refractivity contribution in [2.24, 2.45) is 17.3 Å². The van der Waals surface area contributed by atoms with Gasteiger partial charge >= 0.3 is 5.97 Å². The molecular formula is C22H37ClO4. The van der Waals surface area contributed by atoms with Crippen molar-refractivity contribution in [2.75, 3.05) is 0 Å². The van der Waals surface area contributed by atoms with E-state index in [9.17, 15) is 20.1 Å². The Labute approximate surface area is 169 Å². The lowest BCUT2D eigenvalue weighted by Crippen LogP contribution is -2.30. The molecule has 0 radical (unpaired) electrons. The van der Waals surface area contributed by atoms with Crippen molar-refractivity contribution in [1.29, 1.82) is 0 Å². The maximum absolute atomic E-state index is 11.6. The Hall–Kier alpha value is -0.840. The van der Waals surface area contributed by atoms with Gasteiger partial charge in [-0.05, 0) is 24.2 Å². The Balaban J connectivity index is 2.64. The molecule has 0 aromatic heterocycles. The van der Waals surface area contributed by atoms with Crippen LogP contribution in [0.2, 0.25) is 0 Å². The van der Waals surface area contributed by atoms with Crippen LogP contribution in [-0.4, -0.2) is 33.5 Å². The normalized spacial score (nSPS) is 20.1. The van der Waals surface area contributed by atoms with Crippen LogP contribution in [0, 0.1) is 17.3 Å². The zero-order valence-electron chi connectivity index (χ0n) is 17.0. The van der Waals surface area contributed by atoms with Crippen LogP contribution in [0.5, 0.6) is 0 Å². The number of rotatable bonds is 12. The summed E-state index contributed by atoms with van der Waals surface area (Å²) in [4.78, 5) is 11.6. The van der Waals surface area contributed by atoms with E-state index in [4.69, 9.17) is 11.6 Å². The molecule has 156 valence electrons. The van der Waals surface area contributed by atoms with Gasteiger partial charge in [0.1, 0.15) is 5.92 Å². The summed E-state index contributed by atoms with van der Waals surface area (Å²) in [6.07, 6.45) is 11.8. The summed E-state index contributed by atoms with van der Waals surface area (Å²) in [7, 11) is 0. The molecule has 1 fully saturated rings. The van der Waals surface area contributed by atoms with Crippen LogP contribution >= 0.6 is 11.6 Å². The van der Waals surface area contributed by atoms with E-state index in [1.807, 2.05) is 19.9 Å². The molecule has 0 aromatic carbocycles. The molecule has 0 saturated heterocycles. The quantitative estimate of drug-likeness (QED) is 0.390. The number of carboxylic acid groups (broad SMARTS) is 1. The Kier molecular flexibility index (Phi) is 10.6. The standard InChI is InChI=1S/C22H37ClO4/c1-4-5-14-22(2,3)20(25)13-12-18(21(26)27)19(24)15-17(23)11-10-16-8-6-7-9-16/h11-13,16,18-20,24-25H,4-10,14-15H2,1-3H3,(H,26,27)/b13-12+,17-11-/t18-,19-,20?/m1/s1. The Morgan fingerprint density at radius 2 is 1.85 bits per heavy atom. The number of allylic oxidation sites excluding steroid dienone is 1. The molecule has 0 spiro atoms. The first-order valence-electron chi connectivity index (χ1n) is 10.3. The number of halogens is 1. The van der Waals surface area contributed by atoms with Gasteiger partial charge in [0.15, 0.2) is 0 Å². The molecule has 0 amide bonds. The second-order valence-electron chi connectivity index (χ2n) is 8.59. The van der Waals surface area contributed by atoms with Crippen LogP contribution in [0.25, 0.3) is 0 Å². The smallest absolute Gasteiger partial charge is 0.313 e. The molecular weight excluding hydrogens is 364 g/mol. The first-order chi connectivity index (χ1) is 12.7. The zero-order chi connectivity index (χ0) is 20.4. The number of hydrogen-bond acceptors (Lipinski definition) is 3. The van der Waals surface area contributed by atoms with Crippen LogP contribution in [0.4, 0.5) is 0 Å². The molecule has 1 saturated carbocycles. The second-order valence-corrected chi connectivity index (χ2v) is 9.08. The van der Waals surface area contributed by atoms with E-state index >= 15 is 0 Å². The third-order valence-electron chi connectivity index (χ3n) is 5.73. The van der Waals surface area contributed by atoms with Gasteiger partial charge in [0.2, 0.25) is 0 Å². The van der Waals surface area contributed by atoms with Gasteiger partial charge in [-0.25, -0.2) is 0 Å². The van der Waals surface area contributed by atoms with E-state index in [1.165, 1.54) is 37.8 Å². The van der Waals surface area contributed by atoms with Gasteiger partial charge in [-0.2, -0.15) is 0 Å². The summed E-state index contributed by atoms with van der Waals surface area (Å²) >= 11 is 6.23. The van der Waals surface area contributed by atoms with Gasteiger partial charge < -0.3 is 15.3 Å². The third-order valence-corrected chi connectivity index (χ3v) is 6.04. The number of unbranched alkanes of at least 4 members (excludes halogenated alkanes) is 1. The summed E-state index contributed by atoms with van der Waals surface area (Å²) in [6.45, 7) is 6.03. The van der Waals surface area contributed by atoms with E-state index in [2.05, 4.69) is 6.92 Å². The molecule has 1 unspecified atom stereocenters. The Morgan fingerprint density at radius 1 is 1.22 bits per heavy atom. The highest BCUT2D eigenvalue weighted by Gasteiger charge is 2.28. The summed E-state index contributed by atoms with van der Waals surface area (Å²) in [6, 6.07) is 0. The topological polar surface area (TPSA) is 77.8 Å². The molecule has 1 aliphatic carbocycles. The molecule has 0 heterocycles. The lowest BCUT2D eigenvalue weighted by atomic mass is 9.81. The minimum absolute atomic E-state index is 0.116. The third kappa shape index (κ3) is 8.80. The van der Waals surface area contributed by atoms with Crippen LogP contribution in [-0.2, 0) is 4.79 Å². The van der Waals surface area contributed by atoms with E-state index in [-0.39, 0.29) is 11.8 Å². The lowest BCUT2D eigenvalue weighted by molar-refractivity contribution is -0.143. The molecule has 0 aliphatic heterocycles. The van der Waals surface area contributed by atoms with Gasteiger partial charge in [0.05, 0.1) is 12.2 Å². The maximum Gasteiger partial charge on any atom is 0.313 e. The fraction of sp³-hybridized carbons (Fsp3) is 0.773. The van der Waals surface area contributed by atoms with Gasteiger partial charge in [0.25, 0.3) is 0 Å². The molecule has 4 nitrogen and oxygen atoms in total. The van der Waals surface area contributed by atoms with Gasteiger partial charge in [0, 0.05) is 11.5 Å². The largest absolute Gasteiger partial charge is 0.481 e. The van der Waals surface area contributed by atoms with Gasteiger partial charge in [-0.3, -0.25) is 4.79 Å². The number of carboxylic acids is 1. The van der Waals surface area contributed by atoms with Crippen molar-refractivity contribution in [3.8, 4) is 0 Å². The first kappa shape index (κ1) is 24.2. The predicted octanol–water partition coefficient (Wildman–Crippen LogP) is 5.27. The van der Waals surface area contributed by atoms with Crippen molar-refractivity contribution >= 4 is 17.6 Å². The van der Waals surface area contributed by atoms with Crippen LogP contribution < -0.4 is 0 Å². The fourth-order valence-corrected chi connectivity index (χ4v) is 3.84. The second kappa shape index (κ2) is 11.9. The van der Waals surface area contributed by atoms with Gasteiger partial charge in [-0.15, -0.1) is 0 Å². The minimum Gasteiger partial charge on any atom is -0.481 e. The molecule has 1 aliphatic rings. The zero-order valence-corrected chi connectivity index (χ0v) is 17.8. The average Bonchev–Trinajstić information content (AvgIpc) is 3.11. The summed E-state index contributed by atoms with van der Waals surface area (Å²) in [5.41, 5.74) is -0.334. The number of aliphatic hydroxyl groups is 2.